The highest BCUT2D eigenvalue weighted by Crippen LogP contribution is 2.19. The molecule has 1 aliphatic heterocycles. The van der Waals surface area contributed by atoms with Gasteiger partial charge in [0, 0.05) is 17.1 Å². The molecule has 1 saturated heterocycles. The van der Waals surface area contributed by atoms with Crippen molar-refractivity contribution < 1.29 is 9.90 Å². The van der Waals surface area contributed by atoms with E-state index in [1.54, 1.807) is 17.1 Å². The number of likely N-dealkylation sites (tertiary alicyclic amines) is 1. The van der Waals surface area contributed by atoms with Gasteiger partial charge in [-0.15, -0.1) is 0 Å². The number of aliphatic hydroxyl groups is 1. The fourth-order valence-electron chi connectivity index (χ4n) is 2.18. The minimum absolute atomic E-state index is 0.0126. The Balaban J connectivity index is 2.05. The van der Waals surface area contributed by atoms with Crippen molar-refractivity contribution in [3.63, 3.8) is 0 Å². The first-order chi connectivity index (χ1) is 8.72. The number of carbonyl (C=O) groups excluding carboxylic acids is 1. The summed E-state index contributed by atoms with van der Waals surface area (Å²) in [5.41, 5.74) is 0.977. The van der Waals surface area contributed by atoms with Crippen molar-refractivity contribution in [2.24, 2.45) is 0 Å². The van der Waals surface area contributed by atoms with Crippen LogP contribution >= 0.6 is 15.9 Å². The highest BCUT2D eigenvalue weighted by atomic mass is 79.9. The second-order valence-electron chi connectivity index (χ2n) is 4.37. The standard InChI is InChI=1S/C14H16BrNO2/c15-13-6-2-1-4-11(13)7-8-14(18)16-9-3-5-12(16)10-17/h1-2,4,6-8,12,17H,3,5,9-10H2/b8-7+. The zero-order valence-electron chi connectivity index (χ0n) is 10.1. The molecule has 4 heteroatoms. The molecule has 0 aliphatic carbocycles. The molecule has 0 spiro atoms. The van der Waals surface area contributed by atoms with Crippen LogP contribution in [0.25, 0.3) is 6.08 Å². The molecule has 1 heterocycles. The third-order valence-electron chi connectivity index (χ3n) is 3.18. The summed E-state index contributed by atoms with van der Waals surface area (Å²) in [5, 5.41) is 9.19. The zero-order chi connectivity index (χ0) is 13.0. The van der Waals surface area contributed by atoms with Gasteiger partial charge in [-0.3, -0.25) is 4.79 Å². The van der Waals surface area contributed by atoms with E-state index in [0.717, 1.165) is 29.4 Å². The second kappa shape index (κ2) is 6.16. The van der Waals surface area contributed by atoms with E-state index in [1.807, 2.05) is 24.3 Å². The number of aliphatic hydroxyl groups excluding tert-OH is 1. The molecule has 1 aliphatic rings. The highest BCUT2D eigenvalue weighted by Gasteiger charge is 2.26. The Morgan fingerprint density at radius 1 is 1.50 bits per heavy atom. The van der Waals surface area contributed by atoms with Gasteiger partial charge in [-0.25, -0.2) is 0 Å². The summed E-state index contributed by atoms with van der Waals surface area (Å²) < 4.78 is 0.967. The van der Waals surface area contributed by atoms with Crippen molar-refractivity contribution in [2.75, 3.05) is 13.2 Å². The molecule has 0 saturated carbocycles. The lowest BCUT2D eigenvalue weighted by Crippen LogP contribution is -2.36. The van der Waals surface area contributed by atoms with Crippen molar-refractivity contribution in [1.29, 1.82) is 0 Å². The monoisotopic (exact) mass is 309 g/mol. The van der Waals surface area contributed by atoms with Crippen LogP contribution in [0.4, 0.5) is 0 Å². The quantitative estimate of drug-likeness (QED) is 0.871. The van der Waals surface area contributed by atoms with Crippen LogP contribution in [0.3, 0.4) is 0 Å². The summed E-state index contributed by atoms with van der Waals surface area (Å²) in [6, 6.07) is 7.74. The van der Waals surface area contributed by atoms with Gasteiger partial charge >= 0.3 is 0 Å². The number of hydrogen-bond donors (Lipinski definition) is 1. The Hall–Kier alpha value is -1.13. The highest BCUT2D eigenvalue weighted by molar-refractivity contribution is 9.10. The summed E-state index contributed by atoms with van der Waals surface area (Å²) >= 11 is 3.44. The largest absolute Gasteiger partial charge is 0.394 e. The Kier molecular flexibility index (Phi) is 4.55. The third kappa shape index (κ3) is 3.00. The first-order valence-electron chi connectivity index (χ1n) is 6.06. The number of halogens is 1. The number of rotatable bonds is 3. The van der Waals surface area contributed by atoms with Gasteiger partial charge in [0.2, 0.25) is 5.91 Å². The number of amides is 1. The number of carbonyl (C=O) groups is 1. The van der Waals surface area contributed by atoms with E-state index in [1.165, 1.54) is 0 Å². The molecule has 1 aromatic rings. The molecule has 1 amide bonds. The number of hydrogen-bond acceptors (Lipinski definition) is 2. The molecule has 1 N–H and O–H groups in total. The topological polar surface area (TPSA) is 40.5 Å². The molecule has 0 radical (unpaired) electrons. The lowest BCUT2D eigenvalue weighted by Gasteiger charge is -2.21. The second-order valence-corrected chi connectivity index (χ2v) is 5.22. The summed E-state index contributed by atoms with van der Waals surface area (Å²) in [7, 11) is 0. The molecular formula is C14H16BrNO2. The van der Waals surface area contributed by atoms with Crippen molar-refractivity contribution in [3.05, 3.63) is 40.4 Å². The van der Waals surface area contributed by atoms with Crippen LogP contribution in [0.2, 0.25) is 0 Å². The SMILES string of the molecule is O=C(/C=C/c1ccccc1Br)N1CCCC1CO. The maximum absolute atomic E-state index is 12.0. The minimum atomic E-state index is -0.0256. The average molecular weight is 310 g/mol. The maximum Gasteiger partial charge on any atom is 0.246 e. The Morgan fingerprint density at radius 3 is 3.00 bits per heavy atom. The lowest BCUT2D eigenvalue weighted by atomic mass is 10.2. The molecule has 1 unspecified atom stereocenters. The Morgan fingerprint density at radius 2 is 2.28 bits per heavy atom. The molecule has 1 atom stereocenters. The van der Waals surface area contributed by atoms with Crippen molar-refractivity contribution in [3.8, 4) is 0 Å². The zero-order valence-corrected chi connectivity index (χ0v) is 11.6. The van der Waals surface area contributed by atoms with Gasteiger partial charge in [-0.05, 0) is 30.5 Å². The normalized spacial score (nSPS) is 19.7. The van der Waals surface area contributed by atoms with Crippen LogP contribution in [-0.4, -0.2) is 35.1 Å². The molecule has 96 valence electrons. The molecule has 2 rings (SSSR count). The van der Waals surface area contributed by atoms with E-state index in [4.69, 9.17) is 0 Å². The Labute approximate surface area is 115 Å². The van der Waals surface area contributed by atoms with E-state index in [2.05, 4.69) is 15.9 Å². The summed E-state index contributed by atoms with van der Waals surface area (Å²) in [4.78, 5) is 13.8. The van der Waals surface area contributed by atoms with Crippen LogP contribution in [0, 0.1) is 0 Å². The van der Waals surface area contributed by atoms with Crippen molar-refractivity contribution in [1.82, 2.24) is 4.90 Å². The smallest absolute Gasteiger partial charge is 0.246 e. The summed E-state index contributed by atoms with van der Waals surface area (Å²) in [6.07, 6.45) is 5.25. The predicted molar refractivity (Wildman–Crippen MR) is 75.0 cm³/mol. The van der Waals surface area contributed by atoms with E-state index in [0.29, 0.717) is 0 Å². The maximum atomic E-state index is 12.0. The molecular weight excluding hydrogens is 294 g/mol. The summed E-state index contributed by atoms with van der Waals surface area (Å²) in [5.74, 6) is -0.0256. The van der Waals surface area contributed by atoms with E-state index in [9.17, 15) is 9.90 Å². The molecule has 0 bridgehead atoms. The van der Waals surface area contributed by atoms with Crippen LogP contribution in [-0.2, 0) is 4.79 Å². The molecule has 1 aromatic carbocycles. The average Bonchev–Trinajstić information content (AvgIpc) is 2.86. The van der Waals surface area contributed by atoms with Crippen molar-refractivity contribution in [2.45, 2.75) is 18.9 Å². The van der Waals surface area contributed by atoms with E-state index < -0.39 is 0 Å². The lowest BCUT2D eigenvalue weighted by molar-refractivity contribution is -0.127. The molecule has 3 nitrogen and oxygen atoms in total. The van der Waals surface area contributed by atoms with Gasteiger partial charge in [0.05, 0.1) is 12.6 Å². The van der Waals surface area contributed by atoms with E-state index in [-0.39, 0.29) is 18.6 Å². The van der Waals surface area contributed by atoms with Gasteiger partial charge in [0.25, 0.3) is 0 Å². The van der Waals surface area contributed by atoms with Gasteiger partial charge in [0.15, 0.2) is 0 Å². The molecule has 0 aromatic heterocycles. The van der Waals surface area contributed by atoms with Crippen LogP contribution in [0.15, 0.2) is 34.8 Å². The molecule has 1 fully saturated rings. The van der Waals surface area contributed by atoms with Gasteiger partial charge < -0.3 is 10.0 Å². The van der Waals surface area contributed by atoms with Gasteiger partial charge in [-0.1, -0.05) is 34.1 Å². The summed E-state index contributed by atoms with van der Waals surface area (Å²) in [6.45, 7) is 0.791. The first kappa shape index (κ1) is 13.3. The Bertz CT molecular complexity index is 459. The van der Waals surface area contributed by atoms with Gasteiger partial charge in [0.1, 0.15) is 0 Å². The van der Waals surface area contributed by atoms with Gasteiger partial charge in [-0.2, -0.15) is 0 Å². The number of nitrogens with zero attached hydrogens (tertiary/aromatic N) is 1. The van der Waals surface area contributed by atoms with Crippen LogP contribution in [0.1, 0.15) is 18.4 Å². The van der Waals surface area contributed by atoms with Crippen LogP contribution in [0.5, 0.6) is 0 Å². The fourth-order valence-corrected chi connectivity index (χ4v) is 2.60. The molecule has 18 heavy (non-hydrogen) atoms. The number of benzene rings is 1. The van der Waals surface area contributed by atoms with Crippen LogP contribution < -0.4 is 0 Å². The minimum Gasteiger partial charge on any atom is -0.394 e. The third-order valence-corrected chi connectivity index (χ3v) is 3.90. The fraction of sp³-hybridized carbons (Fsp3) is 0.357. The predicted octanol–water partition coefficient (Wildman–Crippen LogP) is 2.45. The first-order valence-corrected chi connectivity index (χ1v) is 6.85. The van der Waals surface area contributed by atoms with Crippen molar-refractivity contribution >= 4 is 27.9 Å². The van der Waals surface area contributed by atoms with E-state index >= 15 is 0 Å².